The molecule has 2 aromatic carbocycles. The molecule has 1 atom stereocenters. The standard InChI is InChI=1S/C19H19BO4/c1-10-5-6-12(7-11(10)2)14-8-13(21)17-15(24-14)9-16(22-3)18(20)19(17)23-4/h5-7,9,14H,8H2,1-4H3. The SMILES string of the molecule is [B]c1c(OC)cc2c(c1OC)C(=O)CC(c1ccc(C)c(C)c1)O2. The normalized spacial score (nSPS) is 16.3. The Morgan fingerprint density at radius 2 is 1.88 bits per heavy atom. The van der Waals surface area contributed by atoms with E-state index in [1.807, 2.05) is 19.1 Å². The number of Topliss-reactive ketones (excluding diaryl/α,β-unsaturated/α-hetero) is 1. The van der Waals surface area contributed by atoms with Crippen molar-refractivity contribution >= 4 is 19.1 Å². The van der Waals surface area contributed by atoms with Gasteiger partial charge in [-0.25, -0.2) is 0 Å². The largest absolute Gasteiger partial charge is 0.497 e. The number of rotatable bonds is 3. The number of ether oxygens (including phenoxy) is 3. The van der Waals surface area contributed by atoms with Gasteiger partial charge in [0, 0.05) is 6.07 Å². The van der Waals surface area contributed by atoms with Crippen LogP contribution in [-0.2, 0) is 0 Å². The minimum Gasteiger partial charge on any atom is -0.497 e. The number of fused-ring (bicyclic) bond motifs is 1. The molecule has 1 aliphatic rings. The van der Waals surface area contributed by atoms with E-state index >= 15 is 0 Å². The van der Waals surface area contributed by atoms with E-state index in [2.05, 4.69) is 13.0 Å². The Hall–Kier alpha value is -2.43. The molecule has 1 unspecified atom stereocenters. The first-order valence-electron chi connectivity index (χ1n) is 7.77. The lowest BCUT2D eigenvalue weighted by Gasteiger charge is -2.28. The number of aryl methyl sites for hydroxylation is 2. The van der Waals surface area contributed by atoms with Crippen molar-refractivity contribution in [2.24, 2.45) is 0 Å². The fourth-order valence-corrected chi connectivity index (χ4v) is 2.98. The molecule has 0 N–H and O–H groups in total. The van der Waals surface area contributed by atoms with Crippen LogP contribution in [0.3, 0.4) is 0 Å². The van der Waals surface area contributed by atoms with Crippen molar-refractivity contribution in [1.82, 2.24) is 0 Å². The van der Waals surface area contributed by atoms with Crippen LogP contribution in [0.25, 0.3) is 0 Å². The van der Waals surface area contributed by atoms with Crippen molar-refractivity contribution < 1.29 is 19.0 Å². The van der Waals surface area contributed by atoms with Gasteiger partial charge in [0.15, 0.2) is 5.78 Å². The van der Waals surface area contributed by atoms with E-state index in [9.17, 15) is 4.79 Å². The van der Waals surface area contributed by atoms with Crippen molar-refractivity contribution in [2.75, 3.05) is 14.2 Å². The van der Waals surface area contributed by atoms with Gasteiger partial charge in [-0.15, -0.1) is 0 Å². The molecule has 0 saturated carbocycles. The molecule has 0 aliphatic carbocycles. The van der Waals surface area contributed by atoms with Crippen molar-refractivity contribution in [3.63, 3.8) is 0 Å². The summed E-state index contributed by atoms with van der Waals surface area (Å²) < 4.78 is 16.7. The number of hydrogen-bond donors (Lipinski definition) is 0. The number of ketones is 1. The molecule has 4 nitrogen and oxygen atoms in total. The molecule has 2 radical (unpaired) electrons. The van der Waals surface area contributed by atoms with Crippen LogP contribution in [0.15, 0.2) is 24.3 Å². The molecule has 0 saturated heterocycles. The fourth-order valence-electron chi connectivity index (χ4n) is 2.98. The van der Waals surface area contributed by atoms with Gasteiger partial charge in [-0.1, -0.05) is 18.2 Å². The number of carbonyl (C=O) groups excluding carboxylic acids is 1. The first-order chi connectivity index (χ1) is 11.5. The Kier molecular flexibility index (Phi) is 4.27. The summed E-state index contributed by atoms with van der Waals surface area (Å²) in [7, 11) is 9.01. The highest BCUT2D eigenvalue weighted by atomic mass is 16.5. The predicted octanol–water partition coefficient (Wildman–Crippen LogP) is 2.82. The molecular formula is C19H19BO4. The first-order valence-corrected chi connectivity index (χ1v) is 7.77. The zero-order chi connectivity index (χ0) is 17.4. The minimum absolute atomic E-state index is 0.0503. The summed E-state index contributed by atoms with van der Waals surface area (Å²) in [5.74, 6) is 1.13. The minimum atomic E-state index is -0.331. The highest BCUT2D eigenvalue weighted by Gasteiger charge is 2.32. The van der Waals surface area contributed by atoms with Gasteiger partial charge in [0.05, 0.1) is 20.6 Å². The quantitative estimate of drug-likeness (QED) is 0.815. The molecule has 1 heterocycles. The number of methoxy groups -OCH3 is 2. The van der Waals surface area contributed by atoms with E-state index in [-0.39, 0.29) is 18.3 Å². The van der Waals surface area contributed by atoms with Crippen LogP contribution in [-0.4, -0.2) is 27.8 Å². The van der Waals surface area contributed by atoms with Gasteiger partial charge < -0.3 is 14.2 Å². The molecule has 122 valence electrons. The highest BCUT2D eigenvalue weighted by molar-refractivity contribution is 6.37. The van der Waals surface area contributed by atoms with Gasteiger partial charge >= 0.3 is 0 Å². The third kappa shape index (κ3) is 2.64. The summed E-state index contributed by atoms with van der Waals surface area (Å²) in [6, 6.07) is 7.75. The third-order valence-corrected chi connectivity index (χ3v) is 4.49. The lowest BCUT2D eigenvalue weighted by Crippen LogP contribution is -2.24. The molecule has 3 rings (SSSR count). The monoisotopic (exact) mass is 322 g/mol. The zero-order valence-corrected chi connectivity index (χ0v) is 14.3. The Morgan fingerprint density at radius 3 is 2.50 bits per heavy atom. The van der Waals surface area contributed by atoms with Crippen LogP contribution in [0.5, 0.6) is 17.2 Å². The summed E-state index contributed by atoms with van der Waals surface area (Å²) in [4.78, 5) is 12.7. The van der Waals surface area contributed by atoms with Gasteiger partial charge in [0.2, 0.25) is 0 Å². The zero-order valence-electron chi connectivity index (χ0n) is 14.3. The van der Waals surface area contributed by atoms with Crippen molar-refractivity contribution in [3.8, 4) is 17.2 Å². The van der Waals surface area contributed by atoms with Crippen LogP contribution in [0.2, 0.25) is 0 Å². The molecule has 0 amide bonds. The maximum Gasteiger partial charge on any atom is 0.174 e. The third-order valence-electron chi connectivity index (χ3n) is 4.49. The number of benzene rings is 2. The Bertz CT molecular complexity index is 813. The van der Waals surface area contributed by atoms with Gasteiger partial charge in [-0.05, 0) is 36.0 Å². The molecule has 24 heavy (non-hydrogen) atoms. The fraction of sp³-hybridized carbons (Fsp3) is 0.316. The summed E-state index contributed by atoms with van der Waals surface area (Å²) in [6.45, 7) is 4.10. The van der Waals surface area contributed by atoms with Gasteiger partial charge in [0.1, 0.15) is 36.8 Å². The van der Waals surface area contributed by atoms with Gasteiger partial charge in [-0.3, -0.25) is 4.79 Å². The van der Waals surface area contributed by atoms with Crippen molar-refractivity contribution in [1.29, 1.82) is 0 Å². The average Bonchev–Trinajstić information content (AvgIpc) is 2.57. The van der Waals surface area contributed by atoms with Crippen molar-refractivity contribution in [3.05, 3.63) is 46.5 Å². The molecule has 0 fully saturated rings. The van der Waals surface area contributed by atoms with E-state index < -0.39 is 0 Å². The van der Waals surface area contributed by atoms with E-state index in [1.165, 1.54) is 25.3 Å². The van der Waals surface area contributed by atoms with Crippen molar-refractivity contribution in [2.45, 2.75) is 26.4 Å². The molecular weight excluding hydrogens is 303 g/mol. The Labute approximate surface area is 143 Å². The first kappa shape index (κ1) is 16.4. The second-order valence-corrected chi connectivity index (χ2v) is 5.98. The maximum absolute atomic E-state index is 12.7. The molecule has 5 heteroatoms. The van der Waals surface area contributed by atoms with Crippen LogP contribution in [0, 0.1) is 13.8 Å². The van der Waals surface area contributed by atoms with Crippen LogP contribution in [0.1, 0.15) is 39.6 Å². The smallest absolute Gasteiger partial charge is 0.174 e. The molecule has 0 aromatic heterocycles. The maximum atomic E-state index is 12.7. The van der Waals surface area contributed by atoms with E-state index in [0.717, 1.165) is 5.56 Å². The van der Waals surface area contributed by atoms with E-state index in [4.69, 9.17) is 22.1 Å². The summed E-state index contributed by atoms with van der Waals surface area (Å²) in [6.07, 6.45) is -0.0835. The molecule has 1 aliphatic heterocycles. The van der Waals surface area contributed by atoms with Gasteiger partial charge in [-0.2, -0.15) is 0 Å². The highest BCUT2D eigenvalue weighted by Crippen LogP contribution is 2.41. The topological polar surface area (TPSA) is 44.8 Å². The number of hydrogen-bond acceptors (Lipinski definition) is 4. The lowest BCUT2D eigenvalue weighted by atomic mass is 9.86. The van der Waals surface area contributed by atoms with Gasteiger partial charge in [0.25, 0.3) is 0 Å². The molecule has 2 aromatic rings. The van der Waals surface area contributed by atoms with E-state index in [1.54, 1.807) is 6.07 Å². The second kappa shape index (κ2) is 6.23. The van der Waals surface area contributed by atoms with E-state index in [0.29, 0.717) is 28.3 Å². The lowest BCUT2D eigenvalue weighted by molar-refractivity contribution is 0.0844. The summed E-state index contributed by atoms with van der Waals surface area (Å²) in [5, 5.41) is 0. The summed E-state index contributed by atoms with van der Waals surface area (Å²) >= 11 is 0. The summed E-state index contributed by atoms with van der Waals surface area (Å²) in [5.41, 5.74) is 4.04. The number of carbonyl (C=O) groups is 1. The Balaban J connectivity index is 2.06. The van der Waals surface area contributed by atoms with Crippen LogP contribution in [0.4, 0.5) is 0 Å². The van der Waals surface area contributed by atoms with Crippen LogP contribution >= 0.6 is 0 Å². The predicted molar refractivity (Wildman–Crippen MR) is 93.2 cm³/mol. The second-order valence-electron chi connectivity index (χ2n) is 5.98. The molecule has 0 spiro atoms. The Morgan fingerprint density at radius 1 is 1.12 bits per heavy atom. The molecule has 0 bridgehead atoms. The average molecular weight is 322 g/mol. The van der Waals surface area contributed by atoms with Crippen LogP contribution < -0.4 is 19.7 Å².